The lowest BCUT2D eigenvalue weighted by molar-refractivity contribution is 0.856. The lowest BCUT2D eigenvalue weighted by atomic mass is 9.98. The average molecular weight is 409 g/mol. The zero-order valence-electron chi connectivity index (χ0n) is 9.59. The second-order valence-corrected chi connectivity index (χ2v) is 5.74. The van der Waals surface area contributed by atoms with E-state index in [4.69, 9.17) is 11.1 Å². The first-order chi connectivity index (χ1) is 7.93. The van der Waals surface area contributed by atoms with E-state index in [1.54, 1.807) is 6.21 Å². The molecule has 4 nitrogen and oxygen atoms in total. The molecule has 0 aliphatic heterocycles. The fourth-order valence-electron chi connectivity index (χ4n) is 1.45. The van der Waals surface area contributed by atoms with Crippen LogP contribution in [0.25, 0.3) is 0 Å². The van der Waals surface area contributed by atoms with Gasteiger partial charge in [0, 0.05) is 8.04 Å². The van der Waals surface area contributed by atoms with E-state index in [1.807, 2.05) is 12.1 Å². The molecule has 0 unspecified atom stereocenters. The second-order valence-electron chi connectivity index (χ2n) is 3.80. The van der Waals surface area contributed by atoms with Crippen molar-refractivity contribution in [2.45, 2.75) is 19.8 Å². The van der Waals surface area contributed by atoms with Crippen molar-refractivity contribution in [1.29, 1.82) is 5.41 Å². The fraction of sp³-hybridized carbons (Fsp3) is 0.273. The Bertz CT molecular complexity index is 457. The Morgan fingerprint density at radius 3 is 2.76 bits per heavy atom. The Balaban J connectivity index is 3.11. The molecule has 0 aliphatic carbocycles. The van der Waals surface area contributed by atoms with E-state index < -0.39 is 0 Å². The van der Waals surface area contributed by atoms with Gasteiger partial charge in [0.2, 0.25) is 5.96 Å². The smallest absolute Gasteiger partial charge is 0.206 e. The van der Waals surface area contributed by atoms with E-state index >= 15 is 0 Å². The summed E-state index contributed by atoms with van der Waals surface area (Å²) in [6.45, 7) is 4.28. The molecule has 0 heterocycles. The van der Waals surface area contributed by atoms with Crippen LogP contribution in [-0.4, -0.2) is 12.2 Å². The highest BCUT2D eigenvalue weighted by Gasteiger charge is 2.11. The molecular formula is C11H14BrIN4. The molecule has 1 aromatic carbocycles. The van der Waals surface area contributed by atoms with Gasteiger partial charge in [-0.1, -0.05) is 19.9 Å². The van der Waals surface area contributed by atoms with Crippen LogP contribution in [0.15, 0.2) is 21.7 Å². The van der Waals surface area contributed by atoms with Gasteiger partial charge in [-0.25, -0.2) is 5.43 Å². The van der Waals surface area contributed by atoms with Crippen molar-refractivity contribution in [1.82, 2.24) is 5.43 Å². The SMILES string of the molecule is CC(C)c1c(C=NNC(=N)N)ccc(Br)c1I. The van der Waals surface area contributed by atoms with E-state index in [1.165, 1.54) is 9.13 Å². The van der Waals surface area contributed by atoms with Crippen LogP contribution in [0, 0.1) is 8.98 Å². The van der Waals surface area contributed by atoms with Crippen LogP contribution < -0.4 is 11.2 Å². The Hall–Kier alpha value is -0.630. The minimum absolute atomic E-state index is 0.167. The van der Waals surface area contributed by atoms with Gasteiger partial charge in [-0.2, -0.15) is 5.10 Å². The van der Waals surface area contributed by atoms with Gasteiger partial charge in [-0.3, -0.25) is 5.41 Å². The maximum atomic E-state index is 7.02. The zero-order valence-corrected chi connectivity index (χ0v) is 13.3. The maximum absolute atomic E-state index is 7.02. The van der Waals surface area contributed by atoms with Crippen molar-refractivity contribution in [2.24, 2.45) is 10.8 Å². The van der Waals surface area contributed by atoms with Crippen molar-refractivity contribution in [2.75, 3.05) is 0 Å². The molecule has 17 heavy (non-hydrogen) atoms. The summed E-state index contributed by atoms with van der Waals surface area (Å²) < 4.78 is 2.27. The lowest BCUT2D eigenvalue weighted by Crippen LogP contribution is -2.25. The quantitative estimate of drug-likeness (QED) is 0.311. The summed E-state index contributed by atoms with van der Waals surface area (Å²) in [6.07, 6.45) is 1.69. The summed E-state index contributed by atoms with van der Waals surface area (Å²) in [5, 5.41) is 10.9. The Morgan fingerprint density at radius 1 is 1.59 bits per heavy atom. The molecule has 0 radical (unpaired) electrons. The Labute approximate surface area is 123 Å². The number of hydrogen-bond donors (Lipinski definition) is 3. The molecule has 6 heteroatoms. The van der Waals surface area contributed by atoms with Crippen molar-refractivity contribution in [3.05, 3.63) is 31.3 Å². The topological polar surface area (TPSA) is 74.3 Å². The van der Waals surface area contributed by atoms with Crippen LogP contribution in [0.4, 0.5) is 0 Å². The third kappa shape index (κ3) is 3.95. The number of nitrogens with two attached hydrogens (primary N) is 1. The predicted molar refractivity (Wildman–Crippen MR) is 83.6 cm³/mol. The van der Waals surface area contributed by atoms with Crippen LogP contribution in [0.5, 0.6) is 0 Å². The van der Waals surface area contributed by atoms with Crippen molar-refractivity contribution in [3.63, 3.8) is 0 Å². The number of benzene rings is 1. The van der Waals surface area contributed by atoms with Gasteiger partial charge in [0.15, 0.2) is 0 Å². The summed E-state index contributed by atoms with van der Waals surface area (Å²) in [7, 11) is 0. The minimum Gasteiger partial charge on any atom is -0.369 e. The van der Waals surface area contributed by atoms with E-state index in [0.717, 1.165) is 10.0 Å². The van der Waals surface area contributed by atoms with E-state index in [0.29, 0.717) is 5.92 Å². The number of hydrazone groups is 1. The molecule has 0 fully saturated rings. The molecule has 0 spiro atoms. The van der Waals surface area contributed by atoms with Gasteiger partial charge in [0.1, 0.15) is 0 Å². The van der Waals surface area contributed by atoms with E-state index in [2.05, 4.69) is 62.9 Å². The molecular weight excluding hydrogens is 395 g/mol. The Kier molecular flexibility index (Phi) is 5.38. The van der Waals surface area contributed by atoms with E-state index in [9.17, 15) is 0 Å². The standard InChI is InChI=1S/C11H14BrIN4/c1-6(2)9-7(5-16-17-11(14)15)3-4-8(12)10(9)13/h3-6H,1-2H3,(H4,14,15,17). The highest BCUT2D eigenvalue weighted by molar-refractivity contribution is 14.1. The molecule has 0 aromatic heterocycles. The van der Waals surface area contributed by atoms with Gasteiger partial charge in [0.05, 0.1) is 6.21 Å². The lowest BCUT2D eigenvalue weighted by Gasteiger charge is -2.13. The summed E-state index contributed by atoms with van der Waals surface area (Å²) in [5.41, 5.74) is 9.83. The summed E-state index contributed by atoms with van der Waals surface area (Å²) >= 11 is 5.83. The number of nitrogens with one attached hydrogen (secondary N) is 2. The molecule has 92 valence electrons. The molecule has 4 N–H and O–H groups in total. The highest BCUT2D eigenvalue weighted by atomic mass is 127. The molecule has 0 saturated carbocycles. The van der Waals surface area contributed by atoms with Crippen LogP contribution in [0.1, 0.15) is 30.9 Å². The molecule has 0 aliphatic rings. The first-order valence-electron chi connectivity index (χ1n) is 5.04. The van der Waals surface area contributed by atoms with Crippen LogP contribution in [-0.2, 0) is 0 Å². The number of guanidine groups is 1. The predicted octanol–water partition coefficient (Wildman–Crippen LogP) is 2.99. The highest BCUT2D eigenvalue weighted by Crippen LogP contribution is 2.30. The third-order valence-electron chi connectivity index (χ3n) is 2.13. The Morgan fingerprint density at radius 2 is 2.24 bits per heavy atom. The van der Waals surface area contributed by atoms with E-state index in [-0.39, 0.29) is 5.96 Å². The van der Waals surface area contributed by atoms with Gasteiger partial charge >= 0.3 is 0 Å². The summed E-state index contributed by atoms with van der Waals surface area (Å²) in [4.78, 5) is 0. The largest absolute Gasteiger partial charge is 0.369 e. The van der Waals surface area contributed by atoms with Gasteiger partial charge < -0.3 is 5.73 Å². The summed E-state index contributed by atoms with van der Waals surface area (Å²) in [5.74, 6) is 0.234. The number of hydrogen-bond acceptors (Lipinski definition) is 2. The zero-order chi connectivity index (χ0) is 13.0. The normalized spacial score (nSPS) is 11.1. The molecule has 1 aromatic rings. The third-order valence-corrected chi connectivity index (χ3v) is 4.70. The molecule has 0 bridgehead atoms. The second kappa shape index (κ2) is 6.34. The first kappa shape index (κ1) is 14.4. The number of halogens is 2. The van der Waals surface area contributed by atoms with Crippen LogP contribution in [0.3, 0.4) is 0 Å². The molecule has 0 atom stereocenters. The van der Waals surface area contributed by atoms with Crippen molar-refractivity contribution >= 4 is 50.7 Å². The minimum atomic E-state index is -0.167. The number of rotatable bonds is 3. The molecule has 1 rings (SSSR count). The van der Waals surface area contributed by atoms with Gasteiger partial charge in [0.25, 0.3) is 0 Å². The van der Waals surface area contributed by atoms with Crippen LogP contribution in [0.2, 0.25) is 0 Å². The first-order valence-corrected chi connectivity index (χ1v) is 6.91. The molecule has 0 amide bonds. The molecule has 0 saturated heterocycles. The average Bonchev–Trinajstić information content (AvgIpc) is 2.22. The van der Waals surface area contributed by atoms with Gasteiger partial charge in [-0.05, 0) is 61.6 Å². The van der Waals surface area contributed by atoms with Crippen LogP contribution >= 0.6 is 38.5 Å². The van der Waals surface area contributed by atoms with Gasteiger partial charge in [-0.15, -0.1) is 0 Å². The monoisotopic (exact) mass is 408 g/mol. The van der Waals surface area contributed by atoms with Crippen molar-refractivity contribution in [3.8, 4) is 0 Å². The van der Waals surface area contributed by atoms with Crippen molar-refractivity contribution < 1.29 is 0 Å². The summed E-state index contributed by atoms with van der Waals surface area (Å²) in [6, 6.07) is 3.98. The fourth-order valence-corrected chi connectivity index (χ4v) is 2.91. The number of nitrogens with zero attached hydrogens (tertiary/aromatic N) is 1. The maximum Gasteiger partial charge on any atom is 0.206 e.